The van der Waals surface area contributed by atoms with Gasteiger partial charge in [0, 0.05) is 11.4 Å². The van der Waals surface area contributed by atoms with Gasteiger partial charge in [-0.3, -0.25) is 4.79 Å². The number of carbonyl (C=O) groups excluding carboxylic acids is 1. The minimum Gasteiger partial charge on any atom is -0.478 e. The number of carboxylic acid groups (broad SMARTS) is 1. The Kier molecular flexibility index (Phi) is 5.61. The second-order valence-corrected chi connectivity index (χ2v) is 6.14. The van der Waals surface area contributed by atoms with Crippen LogP contribution in [0.25, 0.3) is 0 Å². The lowest BCUT2D eigenvalue weighted by Gasteiger charge is -2.12. The van der Waals surface area contributed by atoms with Crippen molar-refractivity contribution in [3.8, 4) is 0 Å². The van der Waals surface area contributed by atoms with Crippen molar-refractivity contribution >= 4 is 29.3 Å². The van der Waals surface area contributed by atoms with Crippen LogP contribution in [0, 0.1) is 0 Å². The zero-order valence-corrected chi connectivity index (χ0v) is 13.0. The predicted octanol–water partition coefficient (Wildman–Crippen LogP) is 3.65. The number of benzene rings is 2. The lowest BCUT2D eigenvalue weighted by Crippen LogP contribution is -2.22. The maximum atomic E-state index is 12.1. The van der Waals surface area contributed by atoms with E-state index in [1.54, 1.807) is 18.2 Å². The summed E-state index contributed by atoms with van der Waals surface area (Å²) in [5, 5.41) is 11.6. The Labute approximate surface area is 133 Å². The number of aromatic carboxylic acids is 1. The first-order valence-corrected chi connectivity index (χ1v) is 7.91. The van der Waals surface area contributed by atoms with Crippen molar-refractivity contribution in [3.63, 3.8) is 0 Å². The van der Waals surface area contributed by atoms with Gasteiger partial charge < -0.3 is 10.4 Å². The van der Waals surface area contributed by atoms with Crippen molar-refractivity contribution in [1.29, 1.82) is 0 Å². The van der Waals surface area contributed by atoms with Crippen molar-refractivity contribution in [2.75, 3.05) is 5.32 Å². The number of thioether (sulfide) groups is 1. The van der Waals surface area contributed by atoms with E-state index in [0.29, 0.717) is 5.75 Å². The molecule has 0 bridgehead atoms. The third-order valence-electron chi connectivity index (χ3n) is 3.08. The smallest absolute Gasteiger partial charge is 0.335 e. The summed E-state index contributed by atoms with van der Waals surface area (Å²) in [6.45, 7) is 1.84. The average Bonchev–Trinajstić information content (AvgIpc) is 2.53. The Balaban J connectivity index is 1.89. The van der Waals surface area contributed by atoms with E-state index in [1.807, 2.05) is 43.3 Å². The van der Waals surface area contributed by atoms with Crippen LogP contribution in [-0.2, 0) is 10.5 Å². The molecule has 0 aliphatic heterocycles. The number of para-hydroxylation sites is 1. The molecule has 0 aliphatic rings. The first kappa shape index (κ1) is 16.1. The molecule has 2 N–H and O–H groups in total. The molecule has 2 rings (SSSR count). The number of hydrogen-bond acceptors (Lipinski definition) is 3. The van der Waals surface area contributed by atoms with Gasteiger partial charge in [-0.25, -0.2) is 4.79 Å². The van der Waals surface area contributed by atoms with Crippen molar-refractivity contribution in [2.45, 2.75) is 17.9 Å². The fraction of sp³-hybridized carbons (Fsp3) is 0.176. The van der Waals surface area contributed by atoms with E-state index < -0.39 is 5.97 Å². The minimum absolute atomic E-state index is 0.0643. The highest BCUT2D eigenvalue weighted by atomic mass is 32.2. The monoisotopic (exact) mass is 315 g/mol. The molecule has 1 unspecified atom stereocenters. The van der Waals surface area contributed by atoms with Crippen LogP contribution >= 0.6 is 11.8 Å². The van der Waals surface area contributed by atoms with Gasteiger partial charge >= 0.3 is 5.97 Å². The topological polar surface area (TPSA) is 66.4 Å². The number of rotatable bonds is 6. The highest BCUT2D eigenvalue weighted by molar-refractivity contribution is 7.99. The van der Waals surface area contributed by atoms with Crippen LogP contribution in [-0.4, -0.2) is 22.2 Å². The highest BCUT2D eigenvalue weighted by Crippen LogP contribution is 2.20. The van der Waals surface area contributed by atoms with Crippen LogP contribution in [0.3, 0.4) is 0 Å². The Hall–Kier alpha value is -2.27. The van der Waals surface area contributed by atoms with Gasteiger partial charge in [0.05, 0.1) is 10.8 Å². The zero-order valence-electron chi connectivity index (χ0n) is 12.2. The van der Waals surface area contributed by atoms with Gasteiger partial charge in [0.2, 0.25) is 5.91 Å². The second-order valence-electron chi connectivity index (χ2n) is 4.81. The molecule has 114 valence electrons. The van der Waals surface area contributed by atoms with Crippen molar-refractivity contribution < 1.29 is 14.7 Å². The van der Waals surface area contributed by atoms with Crippen LogP contribution in [0.1, 0.15) is 22.8 Å². The summed E-state index contributed by atoms with van der Waals surface area (Å²) in [6, 6.07) is 16.1. The average molecular weight is 315 g/mol. The summed E-state index contributed by atoms with van der Waals surface area (Å²) in [5.41, 5.74) is 1.93. The molecule has 1 atom stereocenters. The highest BCUT2D eigenvalue weighted by Gasteiger charge is 2.14. The fourth-order valence-corrected chi connectivity index (χ4v) is 2.69. The van der Waals surface area contributed by atoms with Gasteiger partial charge in [0.15, 0.2) is 0 Å². The molecule has 0 saturated carbocycles. The van der Waals surface area contributed by atoms with Crippen molar-refractivity contribution in [2.24, 2.45) is 0 Å². The second kappa shape index (κ2) is 7.66. The Morgan fingerprint density at radius 1 is 1.14 bits per heavy atom. The van der Waals surface area contributed by atoms with Gasteiger partial charge in [-0.2, -0.15) is 0 Å². The SMILES string of the molecule is CC(SCc1cccc(C(=O)O)c1)C(=O)Nc1ccccc1. The molecule has 0 saturated heterocycles. The Morgan fingerprint density at radius 3 is 2.55 bits per heavy atom. The molecular weight excluding hydrogens is 298 g/mol. The van der Waals surface area contributed by atoms with E-state index in [4.69, 9.17) is 5.11 Å². The molecule has 0 aliphatic carbocycles. The standard InChI is InChI=1S/C17H17NO3S/c1-12(16(19)18-15-8-3-2-4-9-15)22-11-13-6-5-7-14(10-13)17(20)21/h2-10,12H,11H2,1H3,(H,18,19)(H,20,21). The third kappa shape index (κ3) is 4.63. The largest absolute Gasteiger partial charge is 0.478 e. The van der Waals surface area contributed by atoms with E-state index in [0.717, 1.165) is 11.3 Å². The van der Waals surface area contributed by atoms with Crippen LogP contribution in [0.2, 0.25) is 0 Å². The molecule has 5 heteroatoms. The van der Waals surface area contributed by atoms with E-state index in [9.17, 15) is 9.59 Å². The summed E-state index contributed by atoms with van der Waals surface area (Å²) in [4.78, 5) is 23.0. The molecule has 0 heterocycles. The molecule has 2 aromatic rings. The lowest BCUT2D eigenvalue weighted by molar-refractivity contribution is -0.115. The van der Waals surface area contributed by atoms with Gasteiger partial charge in [-0.15, -0.1) is 11.8 Å². The number of nitrogens with one attached hydrogen (secondary N) is 1. The maximum Gasteiger partial charge on any atom is 0.335 e. The molecule has 22 heavy (non-hydrogen) atoms. The fourth-order valence-electron chi connectivity index (χ4n) is 1.86. The quantitative estimate of drug-likeness (QED) is 0.854. The zero-order chi connectivity index (χ0) is 15.9. The third-order valence-corrected chi connectivity index (χ3v) is 4.30. The molecule has 0 aromatic heterocycles. The van der Waals surface area contributed by atoms with Crippen molar-refractivity contribution in [1.82, 2.24) is 0 Å². The lowest BCUT2D eigenvalue weighted by atomic mass is 10.1. The number of amides is 1. The van der Waals surface area contributed by atoms with Gasteiger partial charge in [-0.1, -0.05) is 30.3 Å². The molecule has 4 nitrogen and oxygen atoms in total. The van der Waals surface area contributed by atoms with Crippen LogP contribution < -0.4 is 5.32 Å². The number of carboxylic acids is 1. The molecule has 1 amide bonds. The van der Waals surface area contributed by atoms with E-state index >= 15 is 0 Å². The molecule has 2 aromatic carbocycles. The van der Waals surface area contributed by atoms with Crippen LogP contribution in [0.4, 0.5) is 5.69 Å². The van der Waals surface area contributed by atoms with Gasteiger partial charge in [0.1, 0.15) is 0 Å². The Bertz CT molecular complexity index is 658. The first-order valence-electron chi connectivity index (χ1n) is 6.86. The van der Waals surface area contributed by atoms with Crippen molar-refractivity contribution in [3.05, 3.63) is 65.7 Å². The summed E-state index contributed by atoms with van der Waals surface area (Å²) in [7, 11) is 0. The first-order chi connectivity index (χ1) is 10.6. The Morgan fingerprint density at radius 2 is 1.86 bits per heavy atom. The van der Waals surface area contributed by atoms with Crippen LogP contribution in [0.15, 0.2) is 54.6 Å². The van der Waals surface area contributed by atoms with Crippen LogP contribution in [0.5, 0.6) is 0 Å². The van der Waals surface area contributed by atoms with Gasteiger partial charge in [0.25, 0.3) is 0 Å². The number of hydrogen-bond donors (Lipinski definition) is 2. The van der Waals surface area contributed by atoms with E-state index in [2.05, 4.69) is 5.32 Å². The molecule has 0 fully saturated rings. The predicted molar refractivity (Wildman–Crippen MR) is 89.2 cm³/mol. The van der Waals surface area contributed by atoms with E-state index in [1.165, 1.54) is 11.8 Å². The molecule has 0 radical (unpaired) electrons. The summed E-state index contributed by atoms with van der Waals surface area (Å²) in [5.74, 6) is -0.419. The minimum atomic E-state index is -0.943. The molecule has 0 spiro atoms. The summed E-state index contributed by atoms with van der Waals surface area (Å²) < 4.78 is 0. The number of carbonyl (C=O) groups is 2. The number of anilines is 1. The summed E-state index contributed by atoms with van der Waals surface area (Å²) in [6.07, 6.45) is 0. The normalized spacial score (nSPS) is 11.7. The summed E-state index contributed by atoms with van der Waals surface area (Å²) >= 11 is 1.47. The maximum absolute atomic E-state index is 12.1. The molecular formula is C17H17NO3S. The van der Waals surface area contributed by atoms with Gasteiger partial charge in [-0.05, 0) is 36.8 Å². The van der Waals surface area contributed by atoms with E-state index in [-0.39, 0.29) is 16.7 Å².